The molecule has 0 bridgehead atoms. The predicted molar refractivity (Wildman–Crippen MR) is 141 cm³/mol. The molecule has 1 aromatic carbocycles. The number of halogens is 2. The van der Waals surface area contributed by atoms with Crippen LogP contribution in [0.4, 0.5) is 8.78 Å². The number of aliphatic hydroxyl groups is 1. The number of nitrogens with zero attached hydrogens (tertiary/aromatic N) is 1. The van der Waals surface area contributed by atoms with Gasteiger partial charge >= 0.3 is 11.9 Å². The molecule has 3 fully saturated rings. The minimum absolute atomic E-state index is 0.0110. The fourth-order valence-corrected chi connectivity index (χ4v) is 8.36. The Kier molecular flexibility index (Phi) is 6.89. The fourth-order valence-electron chi connectivity index (χ4n) is 8.36. The van der Waals surface area contributed by atoms with Gasteiger partial charge in [-0.25, -0.2) is 18.4 Å². The molecule has 0 amide bonds. The number of hydrogen-bond donors (Lipinski definition) is 1. The molecule has 218 valence electrons. The summed E-state index contributed by atoms with van der Waals surface area (Å²) >= 11 is 0. The van der Waals surface area contributed by atoms with Crippen LogP contribution in [0.15, 0.2) is 48.1 Å². The van der Waals surface area contributed by atoms with E-state index in [0.717, 1.165) is 6.08 Å². The first kappa shape index (κ1) is 28.9. The molecule has 5 rings (SSSR count). The van der Waals surface area contributed by atoms with Crippen LogP contribution in [0.2, 0.25) is 0 Å². The molecule has 9 atom stereocenters. The Morgan fingerprint density at radius 2 is 1.85 bits per heavy atom. The molecular weight excluding hydrogens is 536 g/mol. The molecule has 41 heavy (non-hydrogen) atoms. The number of ether oxygens (including phenoxy) is 3. The lowest BCUT2D eigenvalue weighted by molar-refractivity contribution is -0.230. The van der Waals surface area contributed by atoms with Crippen LogP contribution >= 0.6 is 0 Å². The lowest BCUT2D eigenvalue weighted by atomic mass is 9.44. The van der Waals surface area contributed by atoms with Crippen molar-refractivity contribution in [3.8, 4) is 11.8 Å². The third kappa shape index (κ3) is 3.81. The molecule has 0 aliphatic heterocycles. The summed E-state index contributed by atoms with van der Waals surface area (Å²) in [4.78, 5) is 39.4. The van der Waals surface area contributed by atoms with Gasteiger partial charge in [-0.1, -0.05) is 19.9 Å². The fraction of sp³-hybridized carbons (Fsp3) is 0.548. The normalized spacial score (nSPS) is 40.8. The van der Waals surface area contributed by atoms with Gasteiger partial charge in [-0.15, -0.1) is 0 Å². The molecule has 10 heteroatoms. The molecule has 0 heterocycles. The van der Waals surface area contributed by atoms with Crippen LogP contribution in [0.5, 0.6) is 5.75 Å². The summed E-state index contributed by atoms with van der Waals surface area (Å²) in [5.74, 6) is -4.30. The molecule has 4 aliphatic carbocycles. The minimum Gasteiger partial charge on any atom is -0.497 e. The first-order valence-electron chi connectivity index (χ1n) is 13.7. The van der Waals surface area contributed by atoms with E-state index >= 15 is 8.78 Å². The number of nitriles is 1. The van der Waals surface area contributed by atoms with Gasteiger partial charge in [0.15, 0.2) is 18.1 Å². The summed E-state index contributed by atoms with van der Waals surface area (Å²) in [6.45, 7) is 4.19. The van der Waals surface area contributed by atoms with Crippen molar-refractivity contribution in [2.75, 3.05) is 13.7 Å². The smallest absolute Gasteiger partial charge is 0.352 e. The zero-order valence-electron chi connectivity index (χ0n) is 23.4. The van der Waals surface area contributed by atoms with Crippen LogP contribution in [0, 0.1) is 39.9 Å². The number of benzene rings is 1. The van der Waals surface area contributed by atoms with Gasteiger partial charge in [0.2, 0.25) is 5.60 Å². The zero-order chi connectivity index (χ0) is 30.0. The van der Waals surface area contributed by atoms with Gasteiger partial charge < -0.3 is 19.3 Å². The molecule has 0 radical (unpaired) electrons. The van der Waals surface area contributed by atoms with Crippen LogP contribution in [0.3, 0.4) is 0 Å². The monoisotopic (exact) mass is 569 g/mol. The molecule has 4 aliphatic rings. The molecule has 3 saturated carbocycles. The molecule has 8 nitrogen and oxygen atoms in total. The van der Waals surface area contributed by atoms with Gasteiger partial charge in [0, 0.05) is 22.7 Å². The number of alkyl halides is 2. The van der Waals surface area contributed by atoms with Crippen molar-refractivity contribution in [1.82, 2.24) is 0 Å². The van der Waals surface area contributed by atoms with Gasteiger partial charge in [-0.3, -0.25) is 4.79 Å². The Hall–Kier alpha value is -3.58. The Bertz CT molecular complexity index is 1390. The van der Waals surface area contributed by atoms with E-state index in [0.29, 0.717) is 5.75 Å². The summed E-state index contributed by atoms with van der Waals surface area (Å²) in [5.41, 5.74) is -7.24. The maximum atomic E-state index is 17.5. The average molecular weight is 570 g/mol. The number of rotatable bonds is 5. The van der Waals surface area contributed by atoms with Crippen molar-refractivity contribution in [1.29, 1.82) is 5.26 Å². The quantitative estimate of drug-likeness (QED) is 0.523. The average Bonchev–Trinajstić information content (AvgIpc) is 3.16. The second-order valence-corrected chi connectivity index (χ2v) is 12.1. The first-order chi connectivity index (χ1) is 19.3. The molecule has 0 unspecified atom stereocenters. The van der Waals surface area contributed by atoms with Crippen molar-refractivity contribution in [2.45, 2.75) is 63.6 Å². The number of methoxy groups -OCH3 is 1. The highest BCUT2D eigenvalue weighted by atomic mass is 19.1. The minimum atomic E-state index is -2.37. The summed E-state index contributed by atoms with van der Waals surface area (Å²) < 4.78 is 49.8. The van der Waals surface area contributed by atoms with Crippen molar-refractivity contribution in [2.24, 2.45) is 28.6 Å². The highest BCUT2D eigenvalue weighted by Gasteiger charge is 2.78. The maximum Gasteiger partial charge on any atom is 0.352 e. The summed E-state index contributed by atoms with van der Waals surface area (Å²) in [7, 11) is 1.47. The lowest BCUT2D eigenvalue weighted by Crippen LogP contribution is -2.71. The maximum absolute atomic E-state index is 17.5. The highest BCUT2D eigenvalue weighted by molar-refractivity contribution is 6.01. The van der Waals surface area contributed by atoms with Crippen LogP contribution in [-0.2, 0) is 19.1 Å². The molecule has 0 spiro atoms. The van der Waals surface area contributed by atoms with Crippen LogP contribution < -0.4 is 4.74 Å². The lowest BCUT2D eigenvalue weighted by Gasteiger charge is -2.63. The molecule has 0 saturated heterocycles. The molecule has 0 aromatic heterocycles. The Balaban J connectivity index is 1.61. The Morgan fingerprint density at radius 3 is 2.49 bits per heavy atom. The van der Waals surface area contributed by atoms with E-state index < -0.39 is 76.5 Å². The molecular formula is C31H33F2NO7. The van der Waals surface area contributed by atoms with Crippen molar-refractivity contribution >= 4 is 17.7 Å². The van der Waals surface area contributed by atoms with E-state index in [2.05, 4.69) is 0 Å². The third-order valence-electron chi connectivity index (χ3n) is 10.3. The summed E-state index contributed by atoms with van der Waals surface area (Å²) in [5, 5.41) is 20.7. The van der Waals surface area contributed by atoms with Crippen molar-refractivity contribution < 1.29 is 42.5 Å². The highest BCUT2D eigenvalue weighted by Crippen LogP contribution is 2.71. The number of aliphatic hydroxyl groups excluding tert-OH is 1. The van der Waals surface area contributed by atoms with E-state index in [1.165, 1.54) is 38.3 Å². The van der Waals surface area contributed by atoms with E-state index in [-0.39, 0.29) is 30.4 Å². The van der Waals surface area contributed by atoms with Crippen LogP contribution in [0.25, 0.3) is 0 Å². The van der Waals surface area contributed by atoms with E-state index in [9.17, 15) is 19.5 Å². The number of allylic oxidation sites excluding steroid dienone is 4. The Morgan fingerprint density at radius 1 is 1.17 bits per heavy atom. The number of fused-ring (bicyclic) bond motifs is 5. The Labute approximate surface area is 236 Å². The number of ketones is 1. The van der Waals surface area contributed by atoms with Gasteiger partial charge in [0.25, 0.3) is 0 Å². The second-order valence-electron chi connectivity index (χ2n) is 12.1. The van der Waals surface area contributed by atoms with Crippen LogP contribution in [0.1, 0.15) is 50.4 Å². The SMILES string of the molecule is COc1ccc(C(=O)O[C@]2(C(=O)OCC#N)[C@H](C)C[C@H]3[C@@H]4C[C@H](F)C5=CC(=O)C=C[C@]5(C)[C@@]4(F)[C@@H](O)C[C@@]32C)cc1. The largest absolute Gasteiger partial charge is 0.497 e. The second kappa shape index (κ2) is 9.76. The standard InChI is InChI=1S/C31H33F2NO7/c1-17-13-21-22-15-24(32)23-14-19(35)9-10-28(23,2)30(22,33)25(36)16-29(21,3)31(17,27(38)40-12-11-34)41-26(37)18-5-7-20(39-4)8-6-18/h5-10,14,17,21-22,24-25,36H,12-13,15-16H2,1-4H3/t17-,21+,22+,24+,25+,28+,29+,30+,31+/m1/s1. The van der Waals surface area contributed by atoms with E-state index in [4.69, 9.17) is 19.5 Å². The van der Waals surface area contributed by atoms with E-state index in [1.54, 1.807) is 32.0 Å². The van der Waals surface area contributed by atoms with Crippen molar-refractivity contribution in [3.63, 3.8) is 0 Å². The van der Waals surface area contributed by atoms with Gasteiger partial charge in [0.1, 0.15) is 18.0 Å². The predicted octanol–water partition coefficient (Wildman–Crippen LogP) is 4.22. The number of esters is 2. The number of hydrogen-bond acceptors (Lipinski definition) is 8. The van der Waals surface area contributed by atoms with Crippen LogP contribution in [-0.4, -0.2) is 60.1 Å². The summed E-state index contributed by atoms with van der Waals surface area (Å²) in [6.07, 6.45) is -0.186. The van der Waals surface area contributed by atoms with Gasteiger partial charge in [-0.05, 0) is 74.1 Å². The number of carbonyl (C=O) groups is 3. The zero-order valence-corrected chi connectivity index (χ0v) is 23.4. The van der Waals surface area contributed by atoms with Gasteiger partial charge in [0.05, 0.1) is 18.8 Å². The third-order valence-corrected chi connectivity index (χ3v) is 10.3. The molecule has 1 aromatic rings. The summed E-state index contributed by atoms with van der Waals surface area (Å²) in [6, 6.07) is 7.79. The topological polar surface area (TPSA) is 123 Å². The first-order valence-corrected chi connectivity index (χ1v) is 13.7. The molecule has 1 N–H and O–H groups in total. The van der Waals surface area contributed by atoms with Crippen molar-refractivity contribution in [3.05, 3.63) is 53.6 Å². The number of carbonyl (C=O) groups excluding carboxylic acids is 3. The van der Waals surface area contributed by atoms with Gasteiger partial charge in [-0.2, -0.15) is 5.26 Å². The van der Waals surface area contributed by atoms with E-state index in [1.807, 2.05) is 0 Å².